The highest BCUT2D eigenvalue weighted by atomic mass is 16.5. The minimum Gasteiger partial charge on any atom is -0.497 e. The Kier molecular flexibility index (Phi) is 6.59. The summed E-state index contributed by atoms with van der Waals surface area (Å²) in [5.41, 5.74) is -0.102. The summed E-state index contributed by atoms with van der Waals surface area (Å²) in [5.74, 6) is 1.64. The first-order chi connectivity index (χ1) is 14.1. The fourth-order valence-corrected chi connectivity index (χ4v) is 3.05. The molecule has 1 aliphatic carbocycles. The molecule has 0 heterocycles. The van der Waals surface area contributed by atoms with E-state index in [1.165, 1.54) is 0 Å². The van der Waals surface area contributed by atoms with Crippen LogP contribution in [0.5, 0.6) is 17.2 Å². The van der Waals surface area contributed by atoms with Gasteiger partial charge in [0, 0.05) is 12.1 Å². The smallest absolute Gasteiger partial charge is 0.235 e. The summed E-state index contributed by atoms with van der Waals surface area (Å²) in [6, 6.07) is 14.7. The lowest BCUT2D eigenvalue weighted by Gasteiger charge is -2.16. The number of methoxy groups -OCH3 is 2. The zero-order valence-corrected chi connectivity index (χ0v) is 16.7. The maximum absolute atomic E-state index is 12.6. The van der Waals surface area contributed by atoms with Gasteiger partial charge in [-0.05, 0) is 43.2 Å². The van der Waals surface area contributed by atoms with Crippen LogP contribution in [0.15, 0.2) is 48.5 Å². The molecule has 1 fully saturated rings. The average molecular weight is 398 g/mol. The molecule has 2 N–H and O–H groups in total. The Balaban J connectivity index is 1.44. The molecule has 7 heteroatoms. The van der Waals surface area contributed by atoms with Gasteiger partial charge in [-0.3, -0.25) is 9.59 Å². The molecule has 3 rings (SSSR count). The van der Waals surface area contributed by atoms with Crippen LogP contribution in [0.4, 0.5) is 0 Å². The van der Waals surface area contributed by atoms with E-state index in [0.29, 0.717) is 44.0 Å². The van der Waals surface area contributed by atoms with Gasteiger partial charge in [-0.15, -0.1) is 0 Å². The molecule has 0 atom stereocenters. The van der Waals surface area contributed by atoms with Crippen LogP contribution >= 0.6 is 0 Å². The summed E-state index contributed by atoms with van der Waals surface area (Å²) in [6.07, 6.45) is 1.10. The molecule has 2 amide bonds. The molecule has 0 spiro atoms. The minimum atomic E-state index is -0.970. The molecule has 0 aliphatic heterocycles. The van der Waals surface area contributed by atoms with Crippen LogP contribution in [0.25, 0.3) is 0 Å². The van der Waals surface area contributed by atoms with Gasteiger partial charge in [0.2, 0.25) is 11.8 Å². The third-order valence-corrected chi connectivity index (χ3v) is 4.97. The molecular formula is C22H26N2O5. The number of hydrogen-bond donors (Lipinski definition) is 2. The zero-order valence-electron chi connectivity index (χ0n) is 16.7. The number of rotatable bonds is 10. The predicted octanol–water partition coefficient (Wildman–Crippen LogP) is 2.30. The molecule has 0 saturated heterocycles. The predicted molar refractivity (Wildman–Crippen MR) is 108 cm³/mol. The fraction of sp³-hybridized carbons (Fsp3) is 0.364. The van der Waals surface area contributed by atoms with Gasteiger partial charge in [0.1, 0.15) is 29.3 Å². The number of benzene rings is 2. The Labute approximate surface area is 170 Å². The molecule has 2 aromatic rings. The Bertz CT molecular complexity index is 847. The van der Waals surface area contributed by atoms with Crippen LogP contribution in [-0.4, -0.2) is 39.2 Å². The van der Waals surface area contributed by atoms with E-state index < -0.39 is 5.41 Å². The van der Waals surface area contributed by atoms with Crippen LogP contribution in [0.2, 0.25) is 0 Å². The number of para-hydroxylation sites is 1. The van der Waals surface area contributed by atoms with Gasteiger partial charge in [0.15, 0.2) is 0 Å². The first kappa shape index (κ1) is 20.5. The quantitative estimate of drug-likeness (QED) is 0.474. The van der Waals surface area contributed by atoms with Crippen LogP contribution in [0.1, 0.15) is 18.4 Å². The molecule has 0 radical (unpaired) electrons. The van der Waals surface area contributed by atoms with Crippen molar-refractivity contribution in [2.45, 2.75) is 19.4 Å². The summed E-state index contributed by atoms with van der Waals surface area (Å²) < 4.78 is 16.0. The summed E-state index contributed by atoms with van der Waals surface area (Å²) in [5, 5.41) is 5.67. The third kappa shape index (κ3) is 4.99. The highest BCUT2D eigenvalue weighted by Crippen LogP contribution is 2.46. The molecule has 29 heavy (non-hydrogen) atoms. The lowest BCUT2D eigenvalue weighted by Crippen LogP contribution is -2.43. The van der Waals surface area contributed by atoms with Crippen LogP contribution in [0.3, 0.4) is 0 Å². The molecule has 2 aromatic carbocycles. The first-order valence-corrected chi connectivity index (χ1v) is 9.54. The molecular weight excluding hydrogens is 372 g/mol. The van der Waals surface area contributed by atoms with Crippen molar-refractivity contribution in [2.24, 2.45) is 5.41 Å². The number of nitrogens with one attached hydrogen (secondary N) is 2. The van der Waals surface area contributed by atoms with E-state index in [9.17, 15) is 9.59 Å². The summed E-state index contributed by atoms with van der Waals surface area (Å²) in [4.78, 5) is 25.1. The second-order valence-electron chi connectivity index (χ2n) is 6.86. The Morgan fingerprint density at radius 3 is 2.21 bits per heavy atom. The van der Waals surface area contributed by atoms with Crippen LogP contribution in [-0.2, 0) is 16.1 Å². The number of carbonyl (C=O) groups excluding carboxylic acids is 2. The molecule has 0 bridgehead atoms. The number of hydrogen-bond acceptors (Lipinski definition) is 5. The van der Waals surface area contributed by atoms with Gasteiger partial charge in [-0.1, -0.05) is 18.2 Å². The van der Waals surface area contributed by atoms with Gasteiger partial charge < -0.3 is 24.8 Å². The standard InChI is InChI=1S/C22H26N2O5/c1-27-17-7-9-18(10-8-17)29-14-13-23-20(25)22(11-12-22)21(26)24-15-16-5-3-4-6-19(16)28-2/h3-10H,11-15H2,1-2H3,(H,23,25)(H,24,26). The SMILES string of the molecule is COc1ccc(OCCNC(=O)C2(C(=O)NCc3ccccc3OC)CC2)cc1. The van der Waals surface area contributed by atoms with E-state index in [0.717, 1.165) is 11.3 Å². The van der Waals surface area contributed by atoms with E-state index in [-0.39, 0.29) is 11.8 Å². The van der Waals surface area contributed by atoms with E-state index in [4.69, 9.17) is 14.2 Å². The summed E-state index contributed by atoms with van der Waals surface area (Å²) >= 11 is 0. The normalized spacial score (nSPS) is 13.9. The van der Waals surface area contributed by atoms with Crippen molar-refractivity contribution in [1.29, 1.82) is 0 Å². The maximum atomic E-state index is 12.6. The summed E-state index contributed by atoms with van der Waals surface area (Å²) in [7, 11) is 3.19. The Morgan fingerprint density at radius 2 is 1.55 bits per heavy atom. The monoisotopic (exact) mass is 398 g/mol. The summed E-state index contributed by atoms with van der Waals surface area (Å²) in [6.45, 7) is 0.960. The number of amides is 2. The van der Waals surface area contributed by atoms with Crippen molar-refractivity contribution in [3.05, 3.63) is 54.1 Å². The molecule has 7 nitrogen and oxygen atoms in total. The molecule has 1 saturated carbocycles. The van der Waals surface area contributed by atoms with E-state index in [1.807, 2.05) is 24.3 Å². The molecule has 154 valence electrons. The van der Waals surface area contributed by atoms with Gasteiger partial charge in [0.25, 0.3) is 0 Å². The van der Waals surface area contributed by atoms with Gasteiger partial charge in [-0.25, -0.2) is 0 Å². The van der Waals surface area contributed by atoms with Crippen molar-refractivity contribution in [3.8, 4) is 17.2 Å². The number of ether oxygens (including phenoxy) is 3. The van der Waals surface area contributed by atoms with E-state index in [2.05, 4.69) is 10.6 Å². The maximum Gasteiger partial charge on any atom is 0.235 e. The second-order valence-corrected chi connectivity index (χ2v) is 6.86. The molecule has 0 aromatic heterocycles. The van der Waals surface area contributed by atoms with Crippen molar-refractivity contribution in [2.75, 3.05) is 27.4 Å². The van der Waals surface area contributed by atoms with Crippen LogP contribution in [0, 0.1) is 5.41 Å². The number of carbonyl (C=O) groups is 2. The molecule has 0 unspecified atom stereocenters. The Hall–Kier alpha value is -3.22. The topological polar surface area (TPSA) is 85.9 Å². The lowest BCUT2D eigenvalue weighted by atomic mass is 10.0. The van der Waals surface area contributed by atoms with Crippen molar-refractivity contribution < 1.29 is 23.8 Å². The van der Waals surface area contributed by atoms with Crippen molar-refractivity contribution >= 4 is 11.8 Å². The van der Waals surface area contributed by atoms with Crippen molar-refractivity contribution in [1.82, 2.24) is 10.6 Å². The zero-order chi connectivity index (χ0) is 20.7. The minimum absolute atomic E-state index is 0.253. The third-order valence-electron chi connectivity index (χ3n) is 4.97. The largest absolute Gasteiger partial charge is 0.497 e. The fourth-order valence-electron chi connectivity index (χ4n) is 3.05. The Morgan fingerprint density at radius 1 is 0.897 bits per heavy atom. The first-order valence-electron chi connectivity index (χ1n) is 9.54. The lowest BCUT2D eigenvalue weighted by molar-refractivity contribution is -0.137. The van der Waals surface area contributed by atoms with Crippen molar-refractivity contribution in [3.63, 3.8) is 0 Å². The average Bonchev–Trinajstić information content (AvgIpc) is 3.57. The highest BCUT2D eigenvalue weighted by molar-refractivity contribution is 6.07. The molecule has 1 aliphatic rings. The van der Waals surface area contributed by atoms with E-state index >= 15 is 0 Å². The van der Waals surface area contributed by atoms with Crippen LogP contribution < -0.4 is 24.8 Å². The second kappa shape index (κ2) is 9.32. The van der Waals surface area contributed by atoms with Gasteiger partial charge >= 0.3 is 0 Å². The van der Waals surface area contributed by atoms with Gasteiger partial charge in [-0.2, -0.15) is 0 Å². The highest BCUT2D eigenvalue weighted by Gasteiger charge is 2.56. The van der Waals surface area contributed by atoms with E-state index in [1.54, 1.807) is 38.5 Å². The van der Waals surface area contributed by atoms with Gasteiger partial charge in [0.05, 0.1) is 20.8 Å².